The largest absolute Gasteiger partial charge is 0.512 e. The summed E-state index contributed by atoms with van der Waals surface area (Å²) in [5, 5.41) is 11.7. The maximum Gasteiger partial charge on any atom is 0.155 e. The molecule has 4 rings (SSSR count). The summed E-state index contributed by atoms with van der Waals surface area (Å²) in [5.41, 5.74) is 5.66. The van der Waals surface area contributed by atoms with Crippen LogP contribution in [-0.4, -0.2) is 10.9 Å². The number of thiophene rings is 1. The Morgan fingerprint density at radius 2 is 1.74 bits per heavy atom. The van der Waals surface area contributed by atoms with Gasteiger partial charge in [0.05, 0.1) is 17.6 Å². The van der Waals surface area contributed by atoms with Crippen molar-refractivity contribution in [3.8, 4) is 22.4 Å². The number of aromatic nitrogens is 1. The monoisotopic (exact) mass is 607 g/mol. The van der Waals surface area contributed by atoms with E-state index in [1.807, 2.05) is 16.8 Å². The molecular formula is C26H24IrNO2S-. The van der Waals surface area contributed by atoms with Gasteiger partial charge >= 0.3 is 0 Å². The van der Waals surface area contributed by atoms with E-state index in [1.54, 1.807) is 11.3 Å². The molecule has 0 fully saturated rings. The van der Waals surface area contributed by atoms with E-state index in [0.717, 1.165) is 16.8 Å². The van der Waals surface area contributed by atoms with Crippen LogP contribution in [0.4, 0.5) is 0 Å². The molecule has 5 heteroatoms. The predicted octanol–water partition coefficient (Wildman–Crippen LogP) is 6.38. The van der Waals surface area contributed by atoms with Crippen molar-refractivity contribution in [1.82, 2.24) is 0 Å². The second kappa shape index (κ2) is 11.0. The van der Waals surface area contributed by atoms with E-state index in [2.05, 4.69) is 73.9 Å². The third-order valence-electron chi connectivity index (χ3n) is 4.52. The summed E-state index contributed by atoms with van der Waals surface area (Å²) < 4.78 is 3.20. The van der Waals surface area contributed by atoms with Crippen molar-refractivity contribution in [3.63, 3.8) is 0 Å². The fourth-order valence-electron chi connectivity index (χ4n) is 3.26. The molecule has 31 heavy (non-hydrogen) atoms. The predicted molar refractivity (Wildman–Crippen MR) is 125 cm³/mol. The van der Waals surface area contributed by atoms with Crippen LogP contribution in [0.2, 0.25) is 0 Å². The van der Waals surface area contributed by atoms with Crippen LogP contribution in [0.5, 0.6) is 0 Å². The maximum atomic E-state index is 10.0. The first-order chi connectivity index (χ1) is 14.4. The van der Waals surface area contributed by atoms with Crippen LogP contribution >= 0.6 is 11.3 Å². The van der Waals surface area contributed by atoms with Gasteiger partial charge in [-0.1, -0.05) is 48.0 Å². The second-order valence-corrected chi connectivity index (χ2v) is 7.91. The number of aliphatic hydroxyl groups is 1. The van der Waals surface area contributed by atoms with Gasteiger partial charge in [-0.2, -0.15) is 18.6 Å². The molecule has 0 aliphatic rings. The SMILES string of the molecule is CC(=O)C=C(C)O.[CH2-]c1cc(-c2ccccc2)ccc1-c1c2ccsc2cc[n+]1[CH2-].[Ir]. The van der Waals surface area contributed by atoms with Gasteiger partial charge in [-0.3, -0.25) is 4.79 Å². The molecule has 3 nitrogen and oxygen atoms in total. The minimum Gasteiger partial charge on any atom is -0.512 e. The van der Waals surface area contributed by atoms with Crippen LogP contribution in [0.1, 0.15) is 19.4 Å². The van der Waals surface area contributed by atoms with Gasteiger partial charge < -0.3 is 9.67 Å². The molecule has 161 valence electrons. The first kappa shape index (κ1) is 24.4. The van der Waals surface area contributed by atoms with E-state index >= 15 is 0 Å². The van der Waals surface area contributed by atoms with Crippen molar-refractivity contribution in [2.75, 3.05) is 0 Å². The molecule has 0 atom stereocenters. The number of carbonyl (C=O) groups is 1. The molecule has 1 N–H and O–H groups in total. The van der Waals surface area contributed by atoms with Gasteiger partial charge in [-0.15, -0.1) is 23.0 Å². The van der Waals surface area contributed by atoms with Crippen molar-refractivity contribution < 1.29 is 34.6 Å². The summed E-state index contributed by atoms with van der Waals surface area (Å²) in [7, 11) is 4.14. The first-order valence-electron chi connectivity index (χ1n) is 9.49. The number of carbonyl (C=O) groups excluding carboxylic acids is 1. The molecule has 2 heterocycles. The molecule has 4 aromatic rings. The number of hydrogen-bond acceptors (Lipinski definition) is 3. The fourth-order valence-corrected chi connectivity index (χ4v) is 4.04. The van der Waals surface area contributed by atoms with E-state index in [4.69, 9.17) is 5.11 Å². The normalized spacial score (nSPS) is 10.7. The zero-order valence-corrected chi connectivity index (χ0v) is 20.7. The summed E-state index contributed by atoms with van der Waals surface area (Å²) in [6, 6.07) is 21.1. The van der Waals surface area contributed by atoms with E-state index in [-0.39, 0.29) is 31.6 Å². The van der Waals surface area contributed by atoms with Crippen LogP contribution in [0, 0.1) is 14.0 Å². The Bertz CT molecular complexity index is 1210. The van der Waals surface area contributed by atoms with Gasteiger partial charge in [0.25, 0.3) is 0 Å². The molecule has 0 saturated heterocycles. The Kier molecular flexibility index (Phi) is 8.64. The summed E-state index contributed by atoms with van der Waals surface area (Å²) >= 11 is 1.75. The Balaban J connectivity index is 0.000000373. The Labute approximate surface area is 201 Å². The Morgan fingerprint density at radius 1 is 1.03 bits per heavy atom. The van der Waals surface area contributed by atoms with Crippen LogP contribution in [0.25, 0.3) is 32.5 Å². The average molecular weight is 607 g/mol. The standard InChI is InChI=1S/C21H16NS.C5H8O2.Ir/c1-15-14-17(16-6-4-3-5-7-16)8-9-18(15)21-19-11-13-23-20(19)10-12-22(21)2;1-4(6)3-5(2)7;/h3-14H,1-2H2;3,6H,1-2H3;/q-1;;. The van der Waals surface area contributed by atoms with Gasteiger partial charge in [0.1, 0.15) is 0 Å². The van der Waals surface area contributed by atoms with Gasteiger partial charge in [0.2, 0.25) is 0 Å². The topological polar surface area (TPSA) is 41.2 Å². The van der Waals surface area contributed by atoms with Crippen LogP contribution in [0.15, 0.2) is 84.1 Å². The van der Waals surface area contributed by atoms with E-state index < -0.39 is 0 Å². The molecule has 0 spiro atoms. The second-order valence-electron chi connectivity index (χ2n) is 6.97. The first-order valence-corrected chi connectivity index (χ1v) is 10.4. The average Bonchev–Trinajstić information content (AvgIpc) is 3.17. The Morgan fingerprint density at radius 3 is 2.32 bits per heavy atom. The molecule has 0 amide bonds. The number of pyridine rings is 1. The number of allylic oxidation sites excluding steroid dienone is 2. The minimum atomic E-state index is -0.125. The maximum absolute atomic E-state index is 10.0. The number of ketones is 1. The smallest absolute Gasteiger partial charge is 0.155 e. The Hall–Kier alpha value is -2.85. The zero-order chi connectivity index (χ0) is 21.7. The molecule has 1 radical (unpaired) electrons. The third kappa shape index (κ3) is 6.08. The summed E-state index contributed by atoms with van der Waals surface area (Å²) in [5.74, 6) is -0.0625. The summed E-state index contributed by atoms with van der Waals surface area (Å²) in [4.78, 5) is 10.0. The molecule has 2 aromatic heterocycles. The van der Waals surface area contributed by atoms with Crippen molar-refractivity contribution in [1.29, 1.82) is 0 Å². The molecule has 0 aliphatic carbocycles. The van der Waals surface area contributed by atoms with Crippen LogP contribution in [0.3, 0.4) is 0 Å². The van der Waals surface area contributed by atoms with Crippen molar-refractivity contribution in [2.45, 2.75) is 13.8 Å². The quantitative estimate of drug-likeness (QED) is 0.127. The van der Waals surface area contributed by atoms with Crippen LogP contribution < -0.4 is 4.57 Å². The molecular weight excluding hydrogens is 583 g/mol. The summed E-state index contributed by atoms with van der Waals surface area (Å²) in [6.07, 6.45) is 3.18. The van der Waals surface area contributed by atoms with Gasteiger partial charge in [-0.05, 0) is 36.2 Å². The molecule has 0 saturated carbocycles. The van der Waals surface area contributed by atoms with Gasteiger partial charge in [-0.25, -0.2) is 0 Å². The minimum absolute atomic E-state index is 0. The number of aliphatic hydroxyl groups excluding tert-OH is 1. The van der Waals surface area contributed by atoms with E-state index in [0.29, 0.717) is 0 Å². The van der Waals surface area contributed by atoms with Crippen LogP contribution in [-0.2, 0) is 24.9 Å². The number of fused-ring (bicyclic) bond motifs is 1. The van der Waals surface area contributed by atoms with E-state index in [1.165, 1.54) is 41.1 Å². The number of nitrogens with zero attached hydrogens (tertiary/aromatic N) is 1. The zero-order valence-electron chi connectivity index (χ0n) is 17.5. The molecule has 0 unspecified atom stereocenters. The number of benzene rings is 2. The van der Waals surface area contributed by atoms with Crippen molar-refractivity contribution in [2.24, 2.45) is 0 Å². The summed E-state index contributed by atoms with van der Waals surface area (Å²) in [6.45, 7) is 7.13. The fraction of sp³-hybridized carbons (Fsp3) is 0.0769. The van der Waals surface area contributed by atoms with Gasteiger partial charge in [0.15, 0.2) is 5.78 Å². The van der Waals surface area contributed by atoms with Crippen molar-refractivity contribution in [3.05, 3.63) is 104 Å². The van der Waals surface area contributed by atoms with Crippen molar-refractivity contribution >= 4 is 27.2 Å². The third-order valence-corrected chi connectivity index (χ3v) is 5.41. The number of rotatable bonds is 3. The van der Waals surface area contributed by atoms with E-state index in [9.17, 15) is 4.79 Å². The molecule has 2 aromatic carbocycles. The van der Waals surface area contributed by atoms with Gasteiger partial charge in [0, 0.05) is 37.9 Å². The molecule has 0 bridgehead atoms. The number of hydrogen-bond donors (Lipinski definition) is 1. The molecule has 0 aliphatic heterocycles.